The van der Waals surface area contributed by atoms with Gasteiger partial charge in [-0.15, -0.1) is 0 Å². The topological polar surface area (TPSA) is 83.2 Å². The van der Waals surface area contributed by atoms with Crippen molar-refractivity contribution in [2.75, 3.05) is 31.5 Å². The number of benzene rings is 2. The quantitative estimate of drug-likeness (QED) is 0.871. The van der Waals surface area contributed by atoms with Gasteiger partial charge in [0, 0.05) is 38.4 Å². The van der Waals surface area contributed by atoms with E-state index >= 15 is 0 Å². The maximum Gasteiger partial charge on any atom is 0.241 e. The van der Waals surface area contributed by atoms with Crippen molar-refractivity contribution in [1.82, 2.24) is 9.80 Å². The van der Waals surface area contributed by atoms with Gasteiger partial charge in [-0.3, -0.25) is 14.6 Å². The molecule has 6 heteroatoms. The van der Waals surface area contributed by atoms with Gasteiger partial charge in [-0.2, -0.15) is 10.5 Å². The summed E-state index contributed by atoms with van der Waals surface area (Å²) in [5, 5.41) is 20.6. The summed E-state index contributed by atoms with van der Waals surface area (Å²) < 4.78 is 0. The Morgan fingerprint density at radius 1 is 0.964 bits per heavy atom. The Morgan fingerprint density at radius 2 is 1.50 bits per heavy atom. The second kappa shape index (κ2) is 9.14. The molecule has 0 saturated carbocycles. The van der Waals surface area contributed by atoms with Crippen LogP contribution in [0.4, 0.5) is 5.69 Å². The van der Waals surface area contributed by atoms with Gasteiger partial charge in [-0.05, 0) is 48.9 Å². The molecule has 0 aliphatic carbocycles. The Balaban J connectivity index is 1.48. The Kier molecular flexibility index (Phi) is 6.39. The summed E-state index contributed by atoms with van der Waals surface area (Å²) in [6.45, 7) is 6.24. The monoisotopic (exact) mass is 373 g/mol. The van der Waals surface area contributed by atoms with Crippen molar-refractivity contribution >= 4 is 11.6 Å². The van der Waals surface area contributed by atoms with Gasteiger partial charge in [0.1, 0.15) is 0 Å². The second-order valence-corrected chi connectivity index (χ2v) is 6.98. The van der Waals surface area contributed by atoms with Crippen LogP contribution in [0.2, 0.25) is 0 Å². The number of rotatable bonds is 5. The van der Waals surface area contributed by atoms with Gasteiger partial charge in [-0.1, -0.05) is 12.1 Å². The fraction of sp³-hybridized carbons (Fsp3) is 0.318. The molecular formula is C22H23N5O. The fourth-order valence-corrected chi connectivity index (χ4v) is 3.29. The summed E-state index contributed by atoms with van der Waals surface area (Å²) in [6.07, 6.45) is 0. The third-order valence-corrected chi connectivity index (χ3v) is 5.10. The molecule has 1 N–H and O–H groups in total. The third kappa shape index (κ3) is 4.95. The zero-order chi connectivity index (χ0) is 19.9. The van der Waals surface area contributed by atoms with Crippen molar-refractivity contribution < 1.29 is 4.79 Å². The van der Waals surface area contributed by atoms with E-state index in [1.807, 2.05) is 31.2 Å². The summed E-state index contributed by atoms with van der Waals surface area (Å²) in [7, 11) is 0. The Morgan fingerprint density at radius 3 is 2.04 bits per heavy atom. The normalized spacial score (nSPS) is 16.0. The van der Waals surface area contributed by atoms with Crippen molar-refractivity contribution in [3.63, 3.8) is 0 Å². The molecule has 1 unspecified atom stereocenters. The van der Waals surface area contributed by atoms with E-state index in [4.69, 9.17) is 10.5 Å². The fourth-order valence-electron chi connectivity index (χ4n) is 3.29. The number of anilines is 1. The Hall–Kier alpha value is -3.19. The lowest BCUT2D eigenvalue weighted by Gasteiger charge is -2.37. The van der Waals surface area contributed by atoms with Crippen molar-refractivity contribution in [3.05, 3.63) is 65.2 Å². The first kappa shape index (κ1) is 19.6. The van der Waals surface area contributed by atoms with E-state index < -0.39 is 0 Å². The molecule has 1 heterocycles. The molecule has 1 fully saturated rings. The van der Waals surface area contributed by atoms with Crippen molar-refractivity contribution in [3.8, 4) is 12.1 Å². The number of nitriles is 2. The maximum absolute atomic E-state index is 12.5. The van der Waals surface area contributed by atoms with Crippen LogP contribution in [-0.2, 0) is 11.3 Å². The number of nitrogens with zero attached hydrogens (tertiary/aromatic N) is 4. The van der Waals surface area contributed by atoms with Crippen molar-refractivity contribution in [2.45, 2.75) is 19.5 Å². The standard InChI is InChI=1S/C22H23N5O/c1-17(22(28)25-21-8-6-19(15-24)7-9-21)27-12-10-26(11-13-27)16-20-4-2-18(14-23)3-5-20/h2-9,17H,10-13,16H2,1H3,(H,25,28). The third-order valence-electron chi connectivity index (χ3n) is 5.10. The summed E-state index contributed by atoms with van der Waals surface area (Å²) in [5.74, 6) is -0.0368. The van der Waals surface area contributed by atoms with Gasteiger partial charge in [0.05, 0.1) is 29.3 Å². The summed E-state index contributed by atoms with van der Waals surface area (Å²) in [5.41, 5.74) is 3.15. The predicted octanol–water partition coefficient (Wildman–Crippen LogP) is 2.57. The molecule has 0 bridgehead atoms. The lowest BCUT2D eigenvalue weighted by atomic mass is 10.1. The highest BCUT2D eigenvalue weighted by Crippen LogP contribution is 2.14. The van der Waals surface area contributed by atoms with Crippen LogP contribution in [0, 0.1) is 22.7 Å². The SMILES string of the molecule is CC(C(=O)Nc1ccc(C#N)cc1)N1CCN(Cc2ccc(C#N)cc2)CC1. The zero-order valence-corrected chi connectivity index (χ0v) is 15.9. The summed E-state index contributed by atoms with van der Waals surface area (Å²) >= 11 is 0. The minimum absolute atomic E-state index is 0.0368. The van der Waals surface area contributed by atoms with Gasteiger partial charge in [-0.25, -0.2) is 0 Å². The average molecular weight is 373 g/mol. The van der Waals surface area contributed by atoms with E-state index in [-0.39, 0.29) is 11.9 Å². The molecular weight excluding hydrogens is 350 g/mol. The number of hydrogen-bond donors (Lipinski definition) is 1. The van der Waals surface area contributed by atoms with Crippen LogP contribution < -0.4 is 5.32 Å². The number of amides is 1. The first-order valence-electron chi connectivity index (χ1n) is 9.35. The van der Waals surface area contributed by atoms with Gasteiger partial charge < -0.3 is 5.32 Å². The molecule has 2 aromatic rings. The summed E-state index contributed by atoms with van der Waals surface area (Å²) in [4.78, 5) is 17.1. The molecule has 28 heavy (non-hydrogen) atoms. The van der Waals surface area contributed by atoms with Crippen LogP contribution in [0.25, 0.3) is 0 Å². The van der Waals surface area contributed by atoms with Crippen LogP contribution in [0.3, 0.4) is 0 Å². The van der Waals surface area contributed by atoms with Crippen LogP contribution in [0.5, 0.6) is 0 Å². The van der Waals surface area contributed by atoms with E-state index in [0.717, 1.165) is 32.7 Å². The molecule has 1 atom stereocenters. The van der Waals surface area contributed by atoms with E-state index in [0.29, 0.717) is 16.8 Å². The lowest BCUT2D eigenvalue weighted by Crippen LogP contribution is -2.52. The van der Waals surface area contributed by atoms with Gasteiger partial charge >= 0.3 is 0 Å². The average Bonchev–Trinajstić information content (AvgIpc) is 2.75. The van der Waals surface area contributed by atoms with Gasteiger partial charge in [0.2, 0.25) is 5.91 Å². The van der Waals surface area contributed by atoms with E-state index in [2.05, 4.69) is 27.3 Å². The van der Waals surface area contributed by atoms with E-state index in [1.165, 1.54) is 5.56 Å². The Labute approximate surface area is 165 Å². The van der Waals surface area contributed by atoms with Crippen LogP contribution in [-0.4, -0.2) is 47.9 Å². The predicted molar refractivity (Wildman–Crippen MR) is 107 cm³/mol. The molecule has 1 aliphatic rings. The maximum atomic E-state index is 12.5. The van der Waals surface area contributed by atoms with Crippen LogP contribution in [0.1, 0.15) is 23.6 Å². The largest absolute Gasteiger partial charge is 0.325 e. The molecule has 6 nitrogen and oxygen atoms in total. The second-order valence-electron chi connectivity index (χ2n) is 6.98. The molecule has 142 valence electrons. The highest BCUT2D eigenvalue weighted by atomic mass is 16.2. The lowest BCUT2D eigenvalue weighted by molar-refractivity contribution is -0.121. The molecule has 1 saturated heterocycles. The molecule has 0 radical (unpaired) electrons. The molecule has 1 amide bonds. The minimum atomic E-state index is -0.215. The summed E-state index contributed by atoms with van der Waals surface area (Å²) in [6, 6.07) is 18.6. The number of carbonyl (C=O) groups is 1. The number of nitrogens with one attached hydrogen (secondary N) is 1. The molecule has 0 aromatic heterocycles. The van der Waals surface area contributed by atoms with Crippen LogP contribution >= 0.6 is 0 Å². The van der Waals surface area contributed by atoms with Crippen molar-refractivity contribution in [2.24, 2.45) is 0 Å². The smallest absolute Gasteiger partial charge is 0.241 e. The minimum Gasteiger partial charge on any atom is -0.325 e. The van der Waals surface area contributed by atoms with Gasteiger partial charge in [0.15, 0.2) is 0 Å². The first-order valence-corrected chi connectivity index (χ1v) is 9.35. The van der Waals surface area contributed by atoms with E-state index in [1.54, 1.807) is 24.3 Å². The molecule has 1 aliphatic heterocycles. The molecule has 2 aromatic carbocycles. The van der Waals surface area contributed by atoms with Gasteiger partial charge in [0.25, 0.3) is 0 Å². The highest BCUT2D eigenvalue weighted by Gasteiger charge is 2.25. The number of piperazine rings is 1. The zero-order valence-electron chi connectivity index (χ0n) is 15.9. The van der Waals surface area contributed by atoms with E-state index in [9.17, 15) is 4.79 Å². The number of carbonyl (C=O) groups excluding carboxylic acids is 1. The number of hydrogen-bond acceptors (Lipinski definition) is 5. The molecule has 0 spiro atoms. The highest BCUT2D eigenvalue weighted by molar-refractivity contribution is 5.94. The first-order chi connectivity index (χ1) is 13.6. The molecule has 3 rings (SSSR count). The van der Waals surface area contributed by atoms with Crippen molar-refractivity contribution in [1.29, 1.82) is 10.5 Å². The van der Waals surface area contributed by atoms with Crippen LogP contribution in [0.15, 0.2) is 48.5 Å². The Bertz CT molecular complexity index is 885.